The summed E-state index contributed by atoms with van der Waals surface area (Å²) in [4.78, 5) is 1.38. The molecular weight excluding hydrogens is 266 g/mol. The molecular formula is C13H15NO2S2. The van der Waals surface area contributed by atoms with Gasteiger partial charge in [0.05, 0.1) is 16.9 Å². The molecule has 0 saturated heterocycles. The quantitative estimate of drug-likeness (QED) is 0.855. The van der Waals surface area contributed by atoms with E-state index in [-0.39, 0.29) is 5.92 Å². The Balaban J connectivity index is 2.10. The van der Waals surface area contributed by atoms with Gasteiger partial charge in [0.1, 0.15) is 0 Å². The molecule has 18 heavy (non-hydrogen) atoms. The Bertz CT molecular complexity index is 558. The van der Waals surface area contributed by atoms with Crippen molar-refractivity contribution in [1.29, 1.82) is 5.26 Å². The molecule has 3 nitrogen and oxygen atoms in total. The van der Waals surface area contributed by atoms with Crippen molar-refractivity contribution >= 4 is 21.6 Å². The zero-order chi connectivity index (χ0) is 13.2. The molecule has 1 aliphatic carbocycles. The Morgan fingerprint density at radius 1 is 1.28 bits per heavy atom. The standard InChI is InChI=1S/C13H15NO2S2/c1-18(15,16)12-7-5-11(6-8-12)17-13-4-2-3-10(13)9-14/h5-8,10,13H,2-4H2,1H3. The molecule has 1 aliphatic rings. The van der Waals surface area contributed by atoms with E-state index in [1.807, 2.05) is 12.1 Å². The normalized spacial score (nSPS) is 23.8. The molecule has 0 N–H and O–H groups in total. The molecule has 1 aromatic carbocycles. The summed E-state index contributed by atoms with van der Waals surface area (Å²) in [7, 11) is -3.12. The smallest absolute Gasteiger partial charge is 0.175 e. The minimum absolute atomic E-state index is 0.129. The van der Waals surface area contributed by atoms with Gasteiger partial charge in [0.15, 0.2) is 9.84 Å². The van der Waals surface area contributed by atoms with Crippen LogP contribution in [-0.2, 0) is 9.84 Å². The Morgan fingerprint density at radius 3 is 2.50 bits per heavy atom. The summed E-state index contributed by atoms with van der Waals surface area (Å²) in [5, 5.41) is 9.37. The van der Waals surface area contributed by atoms with E-state index in [2.05, 4.69) is 6.07 Å². The lowest BCUT2D eigenvalue weighted by molar-refractivity contribution is 0.602. The second kappa shape index (κ2) is 5.33. The Morgan fingerprint density at radius 2 is 1.94 bits per heavy atom. The van der Waals surface area contributed by atoms with Crippen molar-refractivity contribution in [3.63, 3.8) is 0 Å². The highest BCUT2D eigenvalue weighted by molar-refractivity contribution is 8.00. The van der Waals surface area contributed by atoms with Crippen molar-refractivity contribution in [1.82, 2.24) is 0 Å². The zero-order valence-electron chi connectivity index (χ0n) is 10.2. The molecule has 2 atom stereocenters. The Labute approximate surface area is 112 Å². The summed E-state index contributed by atoms with van der Waals surface area (Å²) >= 11 is 1.69. The minimum atomic E-state index is -3.12. The second-order valence-electron chi connectivity index (χ2n) is 4.57. The van der Waals surface area contributed by atoms with E-state index in [0.29, 0.717) is 10.1 Å². The summed E-state index contributed by atoms with van der Waals surface area (Å²) < 4.78 is 22.7. The van der Waals surface area contributed by atoms with Crippen molar-refractivity contribution in [2.75, 3.05) is 6.26 Å². The van der Waals surface area contributed by atoms with Gasteiger partial charge in [-0.2, -0.15) is 5.26 Å². The third-order valence-corrected chi connectivity index (χ3v) is 5.70. The van der Waals surface area contributed by atoms with E-state index in [9.17, 15) is 8.42 Å². The van der Waals surface area contributed by atoms with Crippen molar-refractivity contribution in [3.05, 3.63) is 24.3 Å². The van der Waals surface area contributed by atoms with Crippen LogP contribution < -0.4 is 0 Å². The SMILES string of the molecule is CS(=O)(=O)c1ccc(SC2CCCC2C#N)cc1. The highest BCUT2D eigenvalue weighted by Gasteiger charge is 2.27. The van der Waals surface area contributed by atoms with Gasteiger partial charge in [-0.25, -0.2) is 8.42 Å². The molecule has 1 fully saturated rings. The third-order valence-electron chi connectivity index (χ3n) is 3.16. The highest BCUT2D eigenvalue weighted by Crippen LogP contribution is 2.38. The molecule has 0 heterocycles. The number of nitriles is 1. The fourth-order valence-electron chi connectivity index (χ4n) is 2.15. The van der Waals surface area contributed by atoms with Crippen LogP contribution in [-0.4, -0.2) is 19.9 Å². The van der Waals surface area contributed by atoms with E-state index >= 15 is 0 Å². The van der Waals surface area contributed by atoms with Gasteiger partial charge in [-0.05, 0) is 37.1 Å². The van der Waals surface area contributed by atoms with E-state index in [1.165, 1.54) is 6.26 Å². The first-order valence-electron chi connectivity index (χ1n) is 5.87. The van der Waals surface area contributed by atoms with Crippen molar-refractivity contribution in [2.45, 2.75) is 34.3 Å². The van der Waals surface area contributed by atoms with E-state index in [1.54, 1.807) is 23.9 Å². The summed E-state index contributed by atoms with van der Waals surface area (Å²) in [5.41, 5.74) is 0. The number of hydrogen-bond donors (Lipinski definition) is 0. The zero-order valence-corrected chi connectivity index (χ0v) is 11.8. The number of sulfone groups is 1. The van der Waals surface area contributed by atoms with E-state index < -0.39 is 9.84 Å². The number of hydrogen-bond acceptors (Lipinski definition) is 4. The maximum atomic E-state index is 11.3. The number of nitrogens with zero attached hydrogens (tertiary/aromatic N) is 1. The third kappa shape index (κ3) is 3.06. The predicted octanol–water partition coefficient (Wildman–Crippen LogP) is 2.87. The van der Waals surface area contributed by atoms with Crippen LogP contribution in [0.25, 0.3) is 0 Å². The van der Waals surface area contributed by atoms with E-state index in [4.69, 9.17) is 5.26 Å². The molecule has 0 aromatic heterocycles. The molecule has 0 aliphatic heterocycles. The molecule has 1 saturated carbocycles. The molecule has 0 radical (unpaired) electrons. The Kier molecular flexibility index (Phi) is 3.98. The fraction of sp³-hybridized carbons (Fsp3) is 0.462. The minimum Gasteiger partial charge on any atom is -0.224 e. The lowest BCUT2D eigenvalue weighted by Crippen LogP contribution is -2.07. The summed E-state index contributed by atoms with van der Waals surface area (Å²) in [5.74, 6) is 0.129. The van der Waals surface area contributed by atoms with Crippen molar-refractivity contribution in [3.8, 4) is 6.07 Å². The van der Waals surface area contributed by atoms with Gasteiger partial charge < -0.3 is 0 Å². The maximum absolute atomic E-state index is 11.3. The summed E-state index contributed by atoms with van der Waals surface area (Å²) in [6.45, 7) is 0. The fourth-order valence-corrected chi connectivity index (χ4v) is 4.07. The van der Waals surface area contributed by atoms with Crippen LogP contribution in [0.15, 0.2) is 34.1 Å². The van der Waals surface area contributed by atoms with Crippen molar-refractivity contribution in [2.24, 2.45) is 5.92 Å². The largest absolute Gasteiger partial charge is 0.224 e. The maximum Gasteiger partial charge on any atom is 0.175 e. The summed E-state index contributed by atoms with van der Waals surface area (Å²) in [6, 6.07) is 9.27. The molecule has 2 unspecified atom stereocenters. The number of benzene rings is 1. The first-order valence-corrected chi connectivity index (χ1v) is 8.64. The Hall–Kier alpha value is -0.990. The van der Waals surface area contributed by atoms with Crippen LogP contribution >= 0.6 is 11.8 Å². The molecule has 96 valence electrons. The molecule has 0 spiro atoms. The lowest BCUT2D eigenvalue weighted by atomic mass is 10.1. The average molecular weight is 281 g/mol. The molecule has 2 rings (SSSR count). The topological polar surface area (TPSA) is 57.9 Å². The van der Waals surface area contributed by atoms with Crippen LogP contribution in [0.3, 0.4) is 0 Å². The van der Waals surface area contributed by atoms with Gasteiger partial charge in [0.25, 0.3) is 0 Å². The number of thioether (sulfide) groups is 1. The van der Waals surface area contributed by atoms with Crippen LogP contribution in [0.2, 0.25) is 0 Å². The summed E-state index contributed by atoms with van der Waals surface area (Å²) in [6.07, 6.45) is 4.36. The first kappa shape index (κ1) is 13.4. The molecule has 0 amide bonds. The van der Waals surface area contributed by atoms with Gasteiger partial charge in [-0.3, -0.25) is 0 Å². The van der Waals surface area contributed by atoms with Gasteiger partial charge in [-0.1, -0.05) is 6.42 Å². The predicted molar refractivity (Wildman–Crippen MR) is 72.2 cm³/mol. The lowest BCUT2D eigenvalue weighted by Gasteiger charge is -2.12. The van der Waals surface area contributed by atoms with Gasteiger partial charge in [0, 0.05) is 16.4 Å². The molecule has 0 bridgehead atoms. The van der Waals surface area contributed by atoms with Gasteiger partial charge in [0.2, 0.25) is 0 Å². The van der Waals surface area contributed by atoms with E-state index in [0.717, 1.165) is 24.2 Å². The number of rotatable bonds is 3. The van der Waals surface area contributed by atoms with Gasteiger partial charge in [-0.15, -0.1) is 11.8 Å². The van der Waals surface area contributed by atoms with Crippen molar-refractivity contribution < 1.29 is 8.42 Å². The van der Waals surface area contributed by atoms with Crippen LogP contribution in [0.1, 0.15) is 19.3 Å². The average Bonchev–Trinajstić information content (AvgIpc) is 2.76. The van der Waals surface area contributed by atoms with Crippen LogP contribution in [0.5, 0.6) is 0 Å². The molecule has 5 heteroatoms. The van der Waals surface area contributed by atoms with Crippen LogP contribution in [0.4, 0.5) is 0 Å². The second-order valence-corrected chi connectivity index (χ2v) is 7.89. The highest BCUT2D eigenvalue weighted by atomic mass is 32.2. The monoisotopic (exact) mass is 281 g/mol. The molecule has 1 aromatic rings. The first-order chi connectivity index (χ1) is 8.50. The van der Waals surface area contributed by atoms with Gasteiger partial charge >= 0.3 is 0 Å². The van der Waals surface area contributed by atoms with Crippen LogP contribution in [0, 0.1) is 17.2 Å².